The van der Waals surface area contributed by atoms with Crippen LogP contribution in [0.3, 0.4) is 0 Å². The van der Waals surface area contributed by atoms with E-state index in [-0.39, 0.29) is 10.8 Å². The Balaban J connectivity index is 1.18. The first kappa shape index (κ1) is 37.3. The van der Waals surface area contributed by atoms with Gasteiger partial charge in [-0.3, -0.25) is 0 Å². The third-order valence-corrected chi connectivity index (χ3v) is 15.3. The van der Waals surface area contributed by atoms with Gasteiger partial charge in [0.25, 0.3) is 0 Å². The highest BCUT2D eigenvalue weighted by molar-refractivity contribution is 6.00. The Bertz CT molecular complexity index is 3030. The summed E-state index contributed by atoms with van der Waals surface area (Å²) in [6.45, 7) is 9.83. The standard InChI is InChI=1S/C61H53N/c1-59(2)36-37-60(3,4)58-54(59)30-17-31-56(58)62(43-20-6-5-7-21-43)57-39-55-50(38-49(57)42-34-32-41(33-35-42)45-26-16-19-40-18-8-9-22-44(40)45)48-25-12-15-29-53(48)61(55)51-27-13-10-23-46(51)47-24-11-14-28-52(47)61/h5-7,10-17,19-21,23-35,38-39H,8-9,18,22,36-37H2,1-4H3. The fourth-order valence-corrected chi connectivity index (χ4v) is 12.3. The van der Waals surface area contributed by atoms with Gasteiger partial charge in [-0.2, -0.15) is 0 Å². The van der Waals surface area contributed by atoms with Gasteiger partial charge >= 0.3 is 0 Å². The van der Waals surface area contributed by atoms with Crippen LogP contribution in [0.4, 0.5) is 17.1 Å². The molecule has 0 N–H and O–H groups in total. The number of anilines is 3. The number of nitrogens with zero attached hydrogens (tertiary/aromatic N) is 1. The molecule has 302 valence electrons. The smallest absolute Gasteiger partial charge is 0.0726 e. The molecule has 0 bridgehead atoms. The monoisotopic (exact) mass is 799 g/mol. The lowest BCUT2D eigenvalue weighted by molar-refractivity contribution is 0.332. The van der Waals surface area contributed by atoms with E-state index in [1.807, 2.05) is 0 Å². The van der Waals surface area contributed by atoms with Gasteiger partial charge in [0, 0.05) is 11.3 Å². The second-order valence-electron chi connectivity index (χ2n) is 19.7. The molecule has 0 unspecified atom stereocenters. The van der Waals surface area contributed by atoms with Crippen molar-refractivity contribution in [3.8, 4) is 44.5 Å². The number of fused-ring (bicyclic) bond motifs is 12. The average Bonchev–Trinajstić information content (AvgIpc) is 3.77. The number of benzene rings is 8. The molecular weight excluding hydrogens is 747 g/mol. The van der Waals surface area contributed by atoms with Crippen molar-refractivity contribution >= 4 is 17.1 Å². The largest absolute Gasteiger partial charge is 0.310 e. The number of hydrogen-bond acceptors (Lipinski definition) is 1. The average molecular weight is 800 g/mol. The van der Waals surface area contributed by atoms with Gasteiger partial charge in [0.15, 0.2) is 0 Å². The molecule has 0 atom stereocenters. The highest BCUT2D eigenvalue weighted by atomic mass is 15.1. The third-order valence-electron chi connectivity index (χ3n) is 15.3. The highest BCUT2D eigenvalue weighted by Crippen LogP contribution is 2.64. The van der Waals surface area contributed by atoms with Crippen LogP contribution in [0.25, 0.3) is 44.5 Å². The number of hydrogen-bond donors (Lipinski definition) is 0. The second-order valence-corrected chi connectivity index (χ2v) is 19.7. The van der Waals surface area contributed by atoms with Crippen molar-refractivity contribution < 1.29 is 0 Å². The molecule has 12 rings (SSSR count). The maximum atomic E-state index is 2.63. The van der Waals surface area contributed by atoms with Crippen LogP contribution in [0, 0.1) is 0 Å². The number of rotatable bonds is 5. The third kappa shape index (κ3) is 5.33. The molecular formula is C61H53N. The molecule has 0 saturated heterocycles. The SMILES string of the molecule is CC1(C)CCC(C)(C)c2c(N(c3ccccc3)c3cc4c(cc3-c3ccc(-c5cccc6c5CCCC6)cc3)-c3ccccc3C43c4ccccc4-c4ccccc43)cccc21. The Morgan fingerprint density at radius 3 is 1.60 bits per heavy atom. The summed E-state index contributed by atoms with van der Waals surface area (Å²) in [5, 5.41) is 0. The van der Waals surface area contributed by atoms with E-state index < -0.39 is 5.41 Å². The van der Waals surface area contributed by atoms with Gasteiger partial charge in [-0.25, -0.2) is 0 Å². The van der Waals surface area contributed by atoms with Crippen LogP contribution >= 0.6 is 0 Å². The minimum atomic E-state index is -0.456. The molecule has 1 nitrogen and oxygen atoms in total. The minimum absolute atomic E-state index is 0.0113. The molecule has 0 amide bonds. The van der Waals surface area contributed by atoms with Crippen molar-refractivity contribution in [2.45, 2.75) is 82.5 Å². The lowest BCUT2D eigenvalue weighted by atomic mass is 9.62. The summed E-state index contributed by atoms with van der Waals surface area (Å²) in [5.41, 5.74) is 25.2. The zero-order valence-corrected chi connectivity index (χ0v) is 36.4. The van der Waals surface area contributed by atoms with Gasteiger partial charge in [0.05, 0.1) is 16.8 Å². The lowest BCUT2D eigenvalue weighted by Crippen LogP contribution is -2.35. The van der Waals surface area contributed by atoms with E-state index in [2.05, 4.69) is 209 Å². The van der Waals surface area contributed by atoms with E-state index in [0.29, 0.717) is 0 Å². The van der Waals surface area contributed by atoms with E-state index in [4.69, 9.17) is 0 Å². The first-order chi connectivity index (χ1) is 30.3. The molecule has 0 radical (unpaired) electrons. The first-order valence-electron chi connectivity index (χ1n) is 22.9. The van der Waals surface area contributed by atoms with E-state index in [0.717, 1.165) is 12.8 Å². The van der Waals surface area contributed by atoms with Crippen molar-refractivity contribution in [3.05, 3.63) is 220 Å². The molecule has 62 heavy (non-hydrogen) atoms. The van der Waals surface area contributed by atoms with Crippen molar-refractivity contribution in [2.24, 2.45) is 0 Å². The lowest BCUT2D eigenvalue weighted by Gasteiger charge is -2.45. The zero-order chi connectivity index (χ0) is 41.8. The first-order valence-corrected chi connectivity index (χ1v) is 22.9. The maximum Gasteiger partial charge on any atom is 0.0726 e. The quantitative estimate of drug-likeness (QED) is 0.168. The summed E-state index contributed by atoms with van der Waals surface area (Å²) in [6, 6.07) is 67.6. The van der Waals surface area contributed by atoms with E-state index >= 15 is 0 Å². The summed E-state index contributed by atoms with van der Waals surface area (Å²) >= 11 is 0. The predicted octanol–water partition coefficient (Wildman–Crippen LogP) is 16.1. The van der Waals surface area contributed by atoms with E-state index in [1.54, 1.807) is 5.56 Å². The summed E-state index contributed by atoms with van der Waals surface area (Å²) in [4.78, 5) is 2.63. The molecule has 8 aromatic rings. The Labute approximate surface area is 367 Å². The second kappa shape index (κ2) is 13.8. The normalized spacial score (nSPS) is 16.7. The van der Waals surface area contributed by atoms with Gasteiger partial charge in [0.2, 0.25) is 0 Å². The van der Waals surface area contributed by atoms with E-state index in [1.165, 1.54) is 126 Å². The molecule has 1 spiro atoms. The van der Waals surface area contributed by atoms with Crippen LogP contribution in [-0.2, 0) is 29.1 Å². The molecule has 8 aromatic carbocycles. The Morgan fingerprint density at radius 1 is 0.387 bits per heavy atom. The molecule has 0 fully saturated rings. The molecule has 0 aromatic heterocycles. The van der Waals surface area contributed by atoms with Gasteiger partial charge < -0.3 is 4.90 Å². The summed E-state index contributed by atoms with van der Waals surface area (Å²) in [7, 11) is 0. The fourth-order valence-electron chi connectivity index (χ4n) is 12.3. The van der Waals surface area contributed by atoms with Crippen molar-refractivity contribution in [2.75, 3.05) is 4.90 Å². The van der Waals surface area contributed by atoms with Crippen molar-refractivity contribution in [1.82, 2.24) is 0 Å². The molecule has 4 aliphatic rings. The van der Waals surface area contributed by atoms with Crippen LogP contribution in [0.15, 0.2) is 176 Å². The fraction of sp³-hybridized carbons (Fsp3) is 0.213. The Hall–Kier alpha value is -6.44. The summed E-state index contributed by atoms with van der Waals surface area (Å²) < 4.78 is 0. The van der Waals surface area contributed by atoms with E-state index in [9.17, 15) is 0 Å². The zero-order valence-electron chi connectivity index (χ0n) is 36.4. The van der Waals surface area contributed by atoms with Crippen LogP contribution in [0.5, 0.6) is 0 Å². The van der Waals surface area contributed by atoms with Crippen LogP contribution in [0.2, 0.25) is 0 Å². The van der Waals surface area contributed by atoms with Crippen molar-refractivity contribution in [1.29, 1.82) is 0 Å². The van der Waals surface area contributed by atoms with Crippen LogP contribution in [-0.4, -0.2) is 0 Å². The molecule has 0 aliphatic heterocycles. The predicted molar refractivity (Wildman–Crippen MR) is 260 cm³/mol. The number of para-hydroxylation sites is 1. The molecule has 4 aliphatic carbocycles. The number of aryl methyl sites for hydroxylation is 1. The highest BCUT2D eigenvalue weighted by Gasteiger charge is 2.52. The Morgan fingerprint density at radius 2 is 0.919 bits per heavy atom. The topological polar surface area (TPSA) is 3.24 Å². The molecule has 1 heteroatoms. The molecule has 0 heterocycles. The van der Waals surface area contributed by atoms with Gasteiger partial charge in [0.1, 0.15) is 0 Å². The summed E-state index contributed by atoms with van der Waals surface area (Å²) in [6.07, 6.45) is 7.21. The van der Waals surface area contributed by atoms with Crippen molar-refractivity contribution in [3.63, 3.8) is 0 Å². The maximum absolute atomic E-state index is 2.63. The Kier molecular flexibility index (Phi) is 8.30. The summed E-state index contributed by atoms with van der Waals surface area (Å²) in [5.74, 6) is 0. The van der Waals surface area contributed by atoms with Crippen LogP contribution < -0.4 is 4.90 Å². The van der Waals surface area contributed by atoms with Gasteiger partial charge in [-0.15, -0.1) is 0 Å². The van der Waals surface area contributed by atoms with Gasteiger partial charge in [-0.1, -0.05) is 173 Å². The molecule has 0 saturated carbocycles. The van der Waals surface area contributed by atoms with Gasteiger partial charge in [-0.05, 0) is 163 Å². The minimum Gasteiger partial charge on any atom is -0.310 e. The van der Waals surface area contributed by atoms with Crippen LogP contribution in [0.1, 0.15) is 97.9 Å².